The molecule has 1 saturated carbocycles. The van der Waals surface area contributed by atoms with Gasteiger partial charge in [0.25, 0.3) is 0 Å². The van der Waals surface area contributed by atoms with Gasteiger partial charge in [0.1, 0.15) is 17.9 Å². The first-order valence-corrected chi connectivity index (χ1v) is 12.9. The lowest BCUT2D eigenvalue weighted by Gasteiger charge is -2.31. The molecule has 1 fully saturated rings. The number of nitrogens with two attached hydrogens (primary N) is 1. The molecule has 0 spiro atoms. The molecule has 0 saturated heterocycles. The molecule has 0 radical (unpaired) electrons. The largest absolute Gasteiger partial charge is 0.467 e. The molecule has 0 bridgehead atoms. The van der Waals surface area contributed by atoms with Crippen LogP contribution in [0.4, 0.5) is 0 Å². The molecule has 0 unspecified atom stereocenters. The highest BCUT2D eigenvalue weighted by atomic mass is 16.4. The lowest BCUT2D eigenvalue weighted by molar-refractivity contribution is -0.131. The Morgan fingerprint density at radius 1 is 1.03 bits per heavy atom. The van der Waals surface area contributed by atoms with Crippen LogP contribution in [-0.2, 0) is 16.0 Å². The van der Waals surface area contributed by atoms with Crippen LogP contribution in [0.1, 0.15) is 76.2 Å². The third kappa shape index (κ3) is 8.51. The fraction of sp³-hybridized carbons (Fsp3) is 0.571. The summed E-state index contributed by atoms with van der Waals surface area (Å²) in [7, 11) is 0. The standard InChI is InChI=1S/C28H41N3O4/c1-19(2)16-24(31-27(33)22(29)17-20-10-5-3-6-11-20)28(34)30-23(18-21-12-7-4-8-13-21)26(32)25-14-9-15-35-25/h3,5-6,9-11,14-15,19,21-24,26,32H,4,7-8,12-13,16-18,29H2,1-2H3,(H,30,34)(H,31,33)/t22-,23-,24-,26+/m0/s1. The number of aliphatic hydroxyl groups is 1. The molecular formula is C28H41N3O4. The predicted molar refractivity (Wildman–Crippen MR) is 136 cm³/mol. The summed E-state index contributed by atoms with van der Waals surface area (Å²) in [5, 5.41) is 16.9. The maximum Gasteiger partial charge on any atom is 0.242 e. The molecule has 1 aliphatic carbocycles. The minimum Gasteiger partial charge on any atom is -0.467 e. The van der Waals surface area contributed by atoms with E-state index in [1.54, 1.807) is 12.1 Å². The van der Waals surface area contributed by atoms with Crippen LogP contribution >= 0.6 is 0 Å². The van der Waals surface area contributed by atoms with Gasteiger partial charge >= 0.3 is 0 Å². The summed E-state index contributed by atoms with van der Waals surface area (Å²) in [4.78, 5) is 26.3. The van der Waals surface area contributed by atoms with Gasteiger partial charge in [0.2, 0.25) is 11.8 Å². The normalized spacial score (nSPS) is 18.0. The van der Waals surface area contributed by atoms with Crippen LogP contribution in [0.3, 0.4) is 0 Å². The molecule has 7 heteroatoms. The van der Waals surface area contributed by atoms with E-state index in [-0.39, 0.29) is 17.7 Å². The second-order valence-electron chi connectivity index (χ2n) is 10.3. The minimum absolute atomic E-state index is 0.184. The Kier molecular flexibility index (Phi) is 10.4. The summed E-state index contributed by atoms with van der Waals surface area (Å²) in [5.41, 5.74) is 7.14. The number of carbonyl (C=O) groups excluding carboxylic acids is 2. The van der Waals surface area contributed by atoms with Gasteiger partial charge in [0.05, 0.1) is 18.3 Å². The van der Waals surface area contributed by atoms with E-state index in [0.29, 0.717) is 30.9 Å². The molecule has 35 heavy (non-hydrogen) atoms. The lowest BCUT2D eigenvalue weighted by atomic mass is 9.83. The van der Waals surface area contributed by atoms with Gasteiger partial charge in [-0.05, 0) is 48.8 Å². The van der Waals surface area contributed by atoms with Crippen molar-refractivity contribution in [3.8, 4) is 0 Å². The van der Waals surface area contributed by atoms with E-state index in [0.717, 1.165) is 18.4 Å². The molecule has 192 valence electrons. The Balaban J connectivity index is 1.68. The van der Waals surface area contributed by atoms with Gasteiger partial charge in [-0.1, -0.05) is 76.3 Å². The van der Waals surface area contributed by atoms with E-state index in [4.69, 9.17) is 10.2 Å². The van der Waals surface area contributed by atoms with Gasteiger partial charge in [-0.25, -0.2) is 0 Å². The molecule has 1 aromatic carbocycles. The van der Waals surface area contributed by atoms with Crippen molar-refractivity contribution in [2.75, 3.05) is 0 Å². The molecule has 1 aliphatic rings. The van der Waals surface area contributed by atoms with Crippen molar-refractivity contribution in [2.45, 2.75) is 89.4 Å². The van der Waals surface area contributed by atoms with Crippen molar-refractivity contribution in [2.24, 2.45) is 17.6 Å². The third-order valence-electron chi connectivity index (χ3n) is 6.83. The third-order valence-corrected chi connectivity index (χ3v) is 6.83. The molecule has 3 rings (SSSR count). The summed E-state index contributed by atoms with van der Waals surface area (Å²) in [6, 6.07) is 11.1. The molecule has 1 aromatic heterocycles. The fourth-order valence-corrected chi connectivity index (χ4v) is 4.93. The van der Waals surface area contributed by atoms with Crippen molar-refractivity contribution in [3.63, 3.8) is 0 Å². The number of carbonyl (C=O) groups is 2. The number of rotatable bonds is 12. The smallest absolute Gasteiger partial charge is 0.242 e. The van der Waals surface area contributed by atoms with Crippen LogP contribution in [0.5, 0.6) is 0 Å². The van der Waals surface area contributed by atoms with Gasteiger partial charge in [0, 0.05) is 0 Å². The van der Waals surface area contributed by atoms with Crippen molar-refractivity contribution < 1.29 is 19.1 Å². The van der Waals surface area contributed by atoms with Gasteiger partial charge in [0.15, 0.2) is 0 Å². The van der Waals surface area contributed by atoms with Crippen molar-refractivity contribution in [1.82, 2.24) is 10.6 Å². The number of aliphatic hydroxyl groups excluding tert-OH is 1. The van der Waals surface area contributed by atoms with Crippen molar-refractivity contribution in [3.05, 3.63) is 60.1 Å². The fourth-order valence-electron chi connectivity index (χ4n) is 4.93. The zero-order chi connectivity index (χ0) is 25.2. The first-order valence-electron chi connectivity index (χ1n) is 12.9. The average Bonchev–Trinajstić information content (AvgIpc) is 3.38. The van der Waals surface area contributed by atoms with Gasteiger partial charge in [-0.2, -0.15) is 0 Å². The number of nitrogens with one attached hydrogen (secondary N) is 2. The monoisotopic (exact) mass is 483 g/mol. The molecule has 7 nitrogen and oxygen atoms in total. The topological polar surface area (TPSA) is 118 Å². The Morgan fingerprint density at radius 2 is 1.74 bits per heavy atom. The summed E-state index contributed by atoms with van der Waals surface area (Å²) >= 11 is 0. The van der Waals surface area contributed by atoms with Crippen LogP contribution in [0.25, 0.3) is 0 Å². The molecule has 0 aliphatic heterocycles. The SMILES string of the molecule is CC(C)C[C@H](NC(=O)[C@@H](N)Cc1ccccc1)C(=O)N[C@@H](CC1CCCCC1)[C@@H](O)c1ccco1. The van der Waals surface area contributed by atoms with E-state index in [1.807, 2.05) is 44.2 Å². The highest BCUT2D eigenvalue weighted by molar-refractivity contribution is 5.90. The maximum atomic E-state index is 13.4. The second-order valence-corrected chi connectivity index (χ2v) is 10.3. The van der Waals surface area contributed by atoms with Crippen LogP contribution in [-0.4, -0.2) is 35.0 Å². The van der Waals surface area contributed by atoms with Gasteiger partial charge in [-0.3, -0.25) is 9.59 Å². The van der Waals surface area contributed by atoms with E-state index in [9.17, 15) is 14.7 Å². The number of amides is 2. The summed E-state index contributed by atoms with van der Waals surface area (Å²) in [6.07, 6.45) is 7.88. The maximum absolute atomic E-state index is 13.4. The van der Waals surface area contributed by atoms with Crippen LogP contribution in [0.15, 0.2) is 53.1 Å². The molecule has 2 aromatic rings. The summed E-state index contributed by atoms with van der Waals surface area (Å²) in [6.45, 7) is 4.01. The first kappa shape index (κ1) is 27.0. The zero-order valence-corrected chi connectivity index (χ0v) is 21.0. The van der Waals surface area contributed by atoms with Crippen LogP contribution < -0.4 is 16.4 Å². The number of hydrogen-bond donors (Lipinski definition) is 4. The quantitative estimate of drug-likeness (QED) is 0.366. The highest BCUT2D eigenvalue weighted by Gasteiger charge is 2.32. The molecule has 2 amide bonds. The van der Waals surface area contributed by atoms with E-state index >= 15 is 0 Å². The van der Waals surface area contributed by atoms with Crippen LogP contribution in [0, 0.1) is 11.8 Å². The lowest BCUT2D eigenvalue weighted by Crippen LogP contribution is -2.55. The minimum atomic E-state index is -0.952. The summed E-state index contributed by atoms with van der Waals surface area (Å²) < 4.78 is 5.44. The number of furan rings is 1. The van der Waals surface area contributed by atoms with E-state index in [2.05, 4.69) is 10.6 Å². The number of hydrogen-bond acceptors (Lipinski definition) is 5. The first-order chi connectivity index (χ1) is 16.8. The average molecular weight is 484 g/mol. The Hall–Kier alpha value is -2.64. The Bertz CT molecular complexity index is 894. The Morgan fingerprint density at radius 3 is 2.37 bits per heavy atom. The van der Waals surface area contributed by atoms with Crippen molar-refractivity contribution >= 4 is 11.8 Å². The van der Waals surface area contributed by atoms with Gasteiger partial charge in [-0.15, -0.1) is 0 Å². The second kappa shape index (κ2) is 13.4. The molecule has 4 atom stereocenters. The molecule has 1 heterocycles. The molecule has 5 N–H and O–H groups in total. The zero-order valence-electron chi connectivity index (χ0n) is 21.0. The van der Waals surface area contributed by atoms with E-state index < -0.39 is 24.2 Å². The van der Waals surface area contributed by atoms with E-state index in [1.165, 1.54) is 25.5 Å². The highest BCUT2D eigenvalue weighted by Crippen LogP contribution is 2.31. The predicted octanol–water partition coefficient (Wildman–Crippen LogP) is 3.87. The summed E-state index contributed by atoms with van der Waals surface area (Å²) in [5.74, 6) is 0.398. The van der Waals surface area contributed by atoms with Crippen LogP contribution in [0.2, 0.25) is 0 Å². The van der Waals surface area contributed by atoms with Crippen molar-refractivity contribution in [1.29, 1.82) is 0 Å². The molecular weight excluding hydrogens is 442 g/mol. The Labute approximate surface area is 208 Å². The van der Waals surface area contributed by atoms with Gasteiger partial charge < -0.3 is 25.9 Å². The number of benzene rings is 1.